The number of carbonyl (C=O) groups is 5. The lowest BCUT2D eigenvalue weighted by atomic mass is 10.00. The number of carboxylic acid groups (broad SMARTS) is 3. The van der Waals surface area contributed by atoms with Crippen molar-refractivity contribution in [1.29, 1.82) is 0 Å². The minimum atomic E-state index is -1.21. The molecule has 0 heterocycles. The van der Waals surface area contributed by atoms with Crippen LogP contribution in [-0.4, -0.2) is 57.6 Å². The van der Waals surface area contributed by atoms with Gasteiger partial charge >= 0.3 is 17.9 Å². The number of nitrogens with one attached hydrogen (secondary N) is 2. The van der Waals surface area contributed by atoms with Gasteiger partial charge in [0.25, 0.3) is 0 Å². The number of hydrogen-bond acceptors (Lipinski definition) is 5. The molecule has 0 spiro atoms. The van der Waals surface area contributed by atoms with Gasteiger partial charge < -0.3 is 26.0 Å². The summed E-state index contributed by atoms with van der Waals surface area (Å²) in [6.45, 7) is 2.01. The molecule has 2 atom stereocenters. The van der Waals surface area contributed by atoms with Crippen molar-refractivity contribution in [3.8, 4) is 11.1 Å². The Morgan fingerprint density at radius 1 is 0.675 bits per heavy atom. The third kappa shape index (κ3) is 12.1. The molecule has 0 unspecified atom stereocenters. The van der Waals surface area contributed by atoms with Crippen LogP contribution < -0.4 is 10.6 Å². The quantitative estimate of drug-likeness (QED) is 0.174. The summed E-state index contributed by atoms with van der Waals surface area (Å²) in [5.74, 6) is -4.05. The first-order valence-electron chi connectivity index (χ1n) is 13.5. The molecule has 40 heavy (non-hydrogen) atoms. The van der Waals surface area contributed by atoms with E-state index in [1.54, 1.807) is 6.92 Å². The highest BCUT2D eigenvalue weighted by atomic mass is 16.4. The van der Waals surface area contributed by atoms with E-state index in [2.05, 4.69) is 10.6 Å². The average Bonchev–Trinajstić information content (AvgIpc) is 2.93. The summed E-state index contributed by atoms with van der Waals surface area (Å²) < 4.78 is 0. The Labute approximate surface area is 233 Å². The lowest BCUT2D eigenvalue weighted by Crippen LogP contribution is -2.41. The largest absolute Gasteiger partial charge is 0.481 e. The van der Waals surface area contributed by atoms with Crippen LogP contribution in [0.5, 0.6) is 0 Å². The number of carbonyl (C=O) groups excluding carboxylic acids is 2. The summed E-state index contributed by atoms with van der Waals surface area (Å²) >= 11 is 0. The summed E-state index contributed by atoms with van der Waals surface area (Å²) in [4.78, 5) is 57.5. The highest BCUT2D eigenvalue weighted by molar-refractivity contribution is 5.84. The monoisotopic (exact) mass is 554 g/mol. The van der Waals surface area contributed by atoms with Crippen molar-refractivity contribution in [1.82, 2.24) is 10.6 Å². The maximum atomic E-state index is 12.4. The van der Waals surface area contributed by atoms with Gasteiger partial charge in [0.15, 0.2) is 0 Å². The molecule has 0 fully saturated rings. The van der Waals surface area contributed by atoms with Crippen LogP contribution in [0.2, 0.25) is 0 Å². The Bertz CT molecular complexity index is 1150. The zero-order chi connectivity index (χ0) is 29.5. The second-order valence-corrected chi connectivity index (χ2v) is 9.87. The van der Waals surface area contributed by atoms with Crippen molar-refractivity contribution >= 4 is 29.7 Å². The summed E-state index contributed by atoms with van der Waals surface area (Å²) in [6.07, 6.45) is 2.81. The fraction of sp³-hybridized carbons (Fsp3) is 0.433. The maximum Gasteiger partial charge on any atom is 0.326 e. The minimum Gasteiger partial charge on any atom is -0.481 e. The van der Waals surface area contributed by atoms with Crippen molar-refractivity contribution in [3.63, 3.8) is 0 Å². The second kappa shape index (κ2) is 16.7. The zero-order valence-corrected chi connectivity index (χ0v) is 22.7. The molecule has 0 bridgehead atoms. The van der Waals surface area contributed by atoms with Crippen molar-refractivity contribution in [3.05, 3.63) is 59.7 Å². The van der Waals surface area contributed by atoms with Crippen molar-refractivity contribution in [2.45, 2.75) is 70.8 Å². The van der Waals surface area contributed by atoms with Gasteiger partial charge in [-0.05, 0) is 54.4 Å². The van der Waals surface area contributed by atoms with Gasteiger partial charge in [-0.1, -0.05) is 61.9 Å². The van der Waals surface area contributed by atoms with E-state index in [4.69, 9.17) is 10.2 Å². The first kappa shape index (κ1) is 32.0. The van der Waals surface area contributed by atoms with E-state index in [0.29, 0.717) is 38.6 Å². The predicted octanol–water partition coefficient (Wildman–Crippen LogP) is 3.66. The van der Waals surface area contributed by atoms with Gasteiger partial charge in [-0.2, -0.15) is 0 Å². The van der Waals surface area contributed by atoms with E-state index in [1.807, 2.05) is 48.5 Å². The molecule has 216 valence electrons. The first-order valence-corrected chi connectivity index (χ1v) is 13.5. The normalized spacial score (nSPS) is 12.2. The van der Waals surface area contributed by atoms with E-state index < -0.39 is 35.8 Å². The number of benzene rings is 2. The van der Waals surface area contributed by atoms with E-state index in [-0.39, 0.29) is 31.6 Å². The van der Waals surface area contributed by atoms with Gasteiger partial charge in [0, 0.05) is 25.8 Å². The molecular weight excluding hydrogens is 516 g/mol. The van der Waals surface area contributed by atoms with Gasteiger partial charge in [-0.15, -0.1) is 0 Å². The van der Waals surface area contributed by atoms with Crippen molar-refractivity contribution < 1.29 is 39.3 Å². The van der Waals surface area contributed by atoms with Crippen LogP contribution in [0.1, 0.15) is 63.0 Å². The molecule has 0 aliphatic carbocycles. The third-order valence-electron chi connectivity index (χ3n) is 6.61. The molecule has 0 aliphatic rings. The lowest BCUT2D eigenvalue weighted by molar-refractivity contribution is -0.142. The summed E-state index contributed by atoms with van der Waals surface area (Å²) in [5, 5.41) is 32.3. The second-order valence-electron chi connectivity index (χ2n) is 9.87. The average molecular weight is 555 g/mol. The molecule has 10 heteroatoms. The topological polar surface area (TPSA) is 170 Å². The Balaban J connectivity index is 1.73. The van der Waals surface area contributed by atoms with Gasteiger partial charge in [-0.3, -0.25) is 19.2 Å². The fourth-order valence-electron chi connectivity index (χ4n) is 4.05. The van der Waals surface area contributed by atoms with Crippen LogP contribution in [0.15, 0.2) is 48.5 Å². The summed E-state index contributed by atoms with van der Waals surface area (Å²) in [6, 6.07) is 14.2. The summed E-state index contributed by atoms with van der Waals surface area (Å²) in [7, 11) is 0. The minimum absolute atomic E-state index is 0.0350. The Kier molecular flexibility index (Phi) is 13.4. The number of aliphatic carboxylic acids is 3. The maximum absolute atomic E-state index is 12.4. The molecule has 0 saturated carbocycles. The van der Waals surface area contributed by atoms with Crippen LogP contribution in [-0.2, 0) is 36.8 Å². The zero-order valence-electron chi connectivity index (χ0n) is 22.7. The molecule has 5 N–H and O–H groups in total. The molecule has 2 rings (SSSR count). The van der Waals surface area contributed by atoms with Crippen LogP contribution in [0.3, 0.4) is 0 Å². The first-order chi connectivity index (χ1) is 19.0. The van der Waals surface area contributed by atoms with Gasteiger partial charge in [-0.25, -0.2) is 4.79 Å². The molecule has 0 radical (unpaired) electrons. The molecular formula is C30H38N2O8. The van der Waals surface area contributed by atoms with Crippen LogP contribution >= 0.6 is 0 Å². The van der Waals surface area contributed by atoms with Crippen LogP contribution in [0.25, 0.3) is 11.1 Å². The van der Waals surface area contributed by atoms with E-state index in [0.717, 1.165) is 22.3 Å². The highest BCUT2D eigenvalue weighted by Crippen LogP contribution is 2.21. The molecule has 2 amide bonds. The standard InChI is InChI=1S/C30H38N2O8/c1-20(29(37)38)4-2-3-19-31-26(33)17-15-25(30(39)40)32-27(34)16-9-21-5-11-23(12-6-21)24-13-7-22(8-14-24)10-18-28(35)36/h5-8,11-14,20,25H,2-4,9-10,15-19H2,1H3,(H,31,33)(H,32,34)(H,35,36)(H,37,38)(H,39,40)/t20-,25-/m0/s1. The van der Waals surface area contributed by atoms with Crippen molar-refractivity contribution in [2.24, 2.45) is 5.92 Å². The molecule has 0 saturated heterocycles. The molecule has 0 aliphatic heterocycles. The SMILES string of the molecule is C[C@@H](CCCCNC(=O)CC[C@H](NC(=O)CCc1ccc(-c2ccc(CCC(=O)O)cc2)cc1)C(=O)O)C(=O)O. The number of amides is 2. The van der Waals surface area contributed by atoms with E-state index in [1.165, 1.54) is 0 Å². The lowest BCUT2D eigenvalue weighted by Gasteiger charge is -2.14. The van der Waals surface area contributed by atoms with Crippen LogP contribution in [0, 0.1) is 5.92 Å². The molecule has 2 aromatic rings. The smallest absolute Gasteiger partial charge is 0.326 e. The Morgan fingerprint density at radius 3 is 1.73 bits per heavy atom. The number of unbranched alkanes of at least 4 members (excludes halogenated alkanes) is 1. The van der Waals surface area contributed by atoms with Gasteiger partial charge in [0.05, 0.1) is 5.92 Å². The number of hydrogen-bond donors (Lipinski definition) is 5. The van der Waals surface area contributed by atoms with Gasteiger partial charge in [0.1, 0.15) is 6.04 Å². The highest BCUT2D eigenvalue weighted by Gasteiger charge is 2.21. The Hall–Kier alpha value is -4.21. The van der Waals surface area contributed by atoms with Gasteiger partial charge in [0.2, 0.25) is 11.8 Å². The number of rotatable bonds is 18. The third-order valence-corrected chi connectivity index (χ3v) is 6.61. The number of carboxylic acids is 3. The Morgan fingerprint density at radius 2 is 1.23 bits per heavy atom. The van der Waals surface area contributed by atoms with Crippen molar-refractivity contribution in [2.75, 3.05) is 6.54 Å². The van der Waals surface area contributed by atoms with Crippen LogP contribution in [0.4, 0.5) is 0 Å². The fourth-order valence-corrected chi connectivity index (χ4v) is 4.05. The predicted molar refractivity (Wildman–Crippen MR) is 149 cm³/mol. The molecule has 0 aromatic heterocycles. The van der Waals surface area contributed by atoms with E-state index in [9.17, 15) is 29.1 Å². The molecule has 10 nitrogen and oxygen atoms in total. The summed E-state index contributed by atoms with van der Waals surface area (Å²) in [5.41, 5.74) is 3.84. The molecule has 2 aromatic carbocycles. The number of aryl methyl sites for hydroxylation is 2. The van der Waals surface area contributed by atoms with E-state index >= 15 is 0 Å².